The second-order valence-electron chi connectivity index (χ2n) is 6.38. The lowest BCUT2D eigenvalue weighted by Crippen LogP contribution is -2.10. The van der Waals surface area contributed by atoms with Crippen molar-refractivity contribution in [3.63, 3.8) is 0 Å². The van der Waals surface area contributed by atoms with Crippen molar-refractivity contribution in [2.45, 2.75) is 6.18 Å². The molecule has 0 aliphatic carbocycles. The van der Waals surface area contributed by atoms with Gasteiger partial charge in [-0.05, 0) is 23.6 Å². The van der Waals surface area contributed by atoms with E-state index in [1.807, 2.05) is 18.2 Å². The van der Waals surface area contributed by atoms with Crippen LogP contribution in [0.1, 0.15) is 5.56 Å². The van der Waals surface area contributed by atoms with Crippen LogP contribution in [-0.4, -0.2) is 14.9 Å². The molecule has 10 heteroatoms. The zero-order valence-corrected chi connectivity index (χ0v) is 15.6. The Morgan fingerprint density at radius 1 is 0.935 bits per heavy atom. The predicted molar refractivity (Wildman–Crippen MR) is 107 cm³/mol. The van der Waals surface area contributed by atoms with Gasteiger partial charge in [-0.15, -0.1) is 0 Å². The number of aromatic nitrogens is 2. The third-order valence-corrected chi connectivity index (χ3v) is 4.41. The SMILES string of the molecule is O=[N+]([O-])c1c(Nc2ccccc2C(F)(F)F)ncnc1Oc1cccc2ccccc12. The first-order valence-electron chi connectivity index (χ1n) is 8.93. The van der Waals surface area contributed by atoms with Gasteiger partial charge in [0.2, 0.25) is 5.82 Å². The Labute approximate surface area is 173 Å². The molecule has 0 fully saturated rings. The van der Waals surface area contributed by atoms with Gasteiger partial charge in [0.1, 0.15) is 12.1 Å². The Kier molecular flexibility index (Phi) is 5.12. The lowest BCUT2D eigenvalue weighted by molar-refractivity contribution is -0.385. The van der Waals surface area contributed by atoms with Gasteiger partial charge < -0.3 is 10.1 Å². The summed E-state index contributed by atoms with van der Waals surface area (Å²) in [5.74, 6) is -0.517. The highest BCUT2D eigenvalue weighted by molar-refractivity contribution is 5.88. The van der Waals surface area contributed by atoms with Gasteiger partial charge in [0.15, 0.2) is 0 Å². The quantitative estimate of drug-likeness (QED) is 0.307. The molecule has 0 bridgehead atoms. The highest BCUT2D eigenvalue weighted by Crippen LogP contribution is 2.40. The average molecular weight is 426 g/mol. The number of para-hydroxylation sites is 1. The Morgan fingerprint density at radius 2 is 1.65 bits per heavy atom. The van der Waals surface area contributed by atoms with Gasteiger partial charge in [-0.25, -0.2) is 4.98 Å². The van der Waals surface area contributed by atoms with E-state index in [2.05, 4.69) is 15.3 Å². The summed E-state index contributed by atoms with van der Waals surface area (Å²) in [6, 6.07) is 17.0. The number of alkyl halides is 3. The topological polar surface area (TPSA) is 90.2 Å². The third-order valence-electron chi connectivity index (χ3n) is 4.41. The maximum Gasteiger partial charge on any atom is 0.418 e. The van der Waals surface area contributed by atoms with E-state index in [1.54, 1.807) is 24.3 Å². The molecule has 0 saturated heterocycles. The van der Waals surface area contributed by atoms with E-state index in [1.165, 1.54) is 12.1 Å². The normalized spacial score (nSPS) is 11.3. The van der Waals surface area contributed by atoms with Gasteiger partial charge in [0, 0.05) is 5.39 Å². The van der Waals surface area contributed by atoms with E-state index in [0.717, 1.165) is 23.8 Å². The molecule has 0 amide bonds. The molecule has 0 radical (unpaired) electrons. The average Bonchev–Trinajstić information content (AvgIpc) is 2.73. The lowest BCUT2D eigenvalue weighted by atomic mass is 10.1. The molecule has 0 aliphatic rings. The molecule has 1 heterocycles. The van der Waals surface area contributed by atoms with E-state index in [0.29, 0.717) is 11.1 Å². The van der Waals surface area contributed by atoms with Crippen LogP contribution in [0.5, 0.6) is 11.6 Å². The van der Waals surface area contributed by atoms with Crippen LogP contribution in [0.25, 0.3) is 10.8 Å². The van der Waals surface area contributed by atoms with Crippen LogP contribution in [-0.2, 0) is 6.18 Å². The van der Waals surface area contributed by atoms with Crippen LogP contribution < -0.4 is 10.1 Å². The zero-order valence-electron chi connectivity index (χ0n) is 15.6. The smallest absolute Gasteiger partial charge is 0.418 e. The lowest BCUT2D eigenvalue weighted by Gasteiger charge is -2.14. The minimum atomic E-state index is -4.66. The van der Waals surface area contributed by atoms with E-state index >= 15 is 0 Å². The molecular weight excluding hydrogens is 413 g/mol. The van der Waals surface area contributed by atoms with E-state index in [9.17, 15) is 23.3 Å². The molecule has 1 aromatic heterocycles. The van der Waals surface area contributed by atoms with E-state index < -0.39 is 34.0 Å². The van der Waals surface area contributed by atoms with Crippen molar-refractivity contribution in [1.29, 1.82) is 0 Å². The monoisotopic (exact) mass is 426 g/mol. The van der Waals surface area contributed by atoms with Gasteiger partial charge in [-0.3, -0.25) is 10.1 Å². The van der Waals surface area contributed by atoms with Gasteiger partial charge in [-0.1, -0.05) is 48.5 Å². The van der Waals surface area contributed by atoms with E-state index in [-0.39, 0.29) is 5.69 Å². The fourth-order valence-corrected chi connectivity index (χ4v) is 3.05. The molecule has 4 rings (SSSR count). The molecule has 1 N–H and O–H groups in total. The van der Waals surface area contributed by atoms with Crippen LogP contribution in [0, 0.1) is 10.1 Å². The molecule has 0 unspecified atom stereocenters. The minimum absolute atomic E-state index is 0.307. The summed E-state index contributed by atoms with van der Waals surface area (Å²) >= 11 is 0. The van der Waals surface area contributed by atoms with Crippen molar-refractivity contribution in [3.8, 4) is 11.6 Å². The molecule has 0 spiro atoms. The predicted octanol–water partition coefficient (Wildman–Crippen LogP) is 6.09. The van der Waals surface area contributed by atoms with Gasteiger partial charge in [-0.2, -0.15) is 18.2 Å². The first-order chi connectivity index (χ1) is 14.8. The number of anilines is 2. The van der Waals surface area contributed by atoms with Crippen molar-refractivity contribution in [2.75, 3.05) is 5.32 Å². The van der Waals surface area contributed by atoms with Gasteiger partial charge >= 0.3 is 17.7 Å². The number of nitro groups is 1. The minimum Gasteiger partial charge on any atom is -0.433 e. The van der Waals surface area contributed by atoms with Gasteiger partial charge in [0.25, 0.3) is 0 Å². The summed E-state index contributed by atoms with van der Waals surface area (Å²) in [6.45, 7) is 0. The van der Waals surface area contributed by atoms with E-state index in [4.69, 9.17) is 4.74 Å². The number of ether oxygens (including phenoxy) is 1. The van der Waals surface area contributed by atoms with Crippen molar-refractivity contribution < 1.29 is 22.8 Å². The summed E-state index contributed by atoms with van der Waals surface area (Å²) in [4.78, 5) is 18.6. The largest absolute Gasteiger partial charge is 0.433 e. The van der Waals surface area contributed by atoms with Crippen LogP contribution >= 0.6 is 0 Å². The highest BCUT2D eigenvalue weighted by Gasteiger charge is 2.34. The molecule has 0 saturated carbocycles. The Balaban J connectivity index is 1.77. The highest BCUT2D eigenvalue weighted by atomic mass is 19.4. The van der Waals surface area contributed by atoms with Crippen LogP contribution in [0.15, 0.2) is 73.1 Å². The molecule has 7 nitrogen and oxygen atoms in total. The fourth-order valence-electron chi connectivity index (χ4n) is 3.05. The number of halogens is 3. The van der Waals surface area contributed by atoms with Crippen LogP contribution in [0.4, 0.5) is 30.4 Å². The molecule has 31 heavy (non-hydrogen) atoms. The van der Waals surface area contributed by atoms with Crippen molar-refractivity contribution in [1.82, 2.24) is 9.97 Å². The number of hydrogen-bond donors (Lipinski definition) is 1. The van der Waals surface area contributed by atoms with Crippen LogP contribution in [0.3, 0.4) is 0 Å². The third kappa shape index (κ3) is 4.08. The summed E-state index contributed by atoms with van der Waals surface area (Å²) < 4.78 is 45.6. The van der Waals surface area contributed by atoms with Crippen LogP contribution in [0.2, 0.25) is 0 Å². The second-order valence-corrected chi connectivity index (χ2v) is 6.38. The molecule has 156 valence electrons. The molecule has 3 aromatic carbocycles. The number of nitrogens with one attached hydrogen (secondary N) is 1. The first-order valence-corrected chi connectivity index (χ1v) is 8.93. The van der Waals surface area contributed by atoms with Crippen molar-refractivity contribution >= 4 is 28.0 Å². The molecule has 0 atom stereocenters. The maximum absolute atomic E-state index is 13.3. The molecule has 4 aromatic rings. The number of benzene rings is 3. The number of nitrogens with zero attached hydrogens (tertiary/aromatic N) is 3. The van der Waals surface area contributed by atoms with Crippen molar-refractivity contribution in [2.24, 2.45) is 0 Å². The van der Waals surface area contributed by atoms with Gasteiger partial charge in [0.05, 0.1) is 16.2 Å². The molecule has 0 aliphatic heterocycles. The number of rotatable bonds is 5. The molecular formula is C21H13F3N4O3. The maximum atomic E-state index is 13.3. The number of fused-ring (bicyclic) bond motifs is 1. The summed E-state index contributed by atoms with van der Waals surface area (Å²) in [5, 5.41) is 15.7. The fraction of sp³-hybridized carbons (Fsp3) is 0.0476. The zero-order chi connectivity index (χ0) is 22.0. The first kappa shape index (κ1) is 20.1. The summed E-state index contributed by atoms with van der Waals surface area (Å²) in [7, 11) is 0. The standard InChI is InChI=1S/C21H13F3N4O3/c22-21(23,24)15-9-3-4-10-16(15)27-19-18(28(29)30)20(26-12-25-19)31-17-11-5-7-13-6-1-2-8-14(13)17/h1-12H,(H,25,26,27). The number of hydrogen-bond acceptors (Lipinski definition) is 6. The second kappa shape index (κ2) is 7.90. The summed E-state index contributed by atoms with van der Waals surface area (Å²) in [6.07, 6.45) is -3.68. The summed E-state index contributed by atoms with van der Waals surface area (Å²) in [5.41, 5.74) is -2.06. The van der Waals surface area contributed by atoms with Crippen molar-refractivity contribution in [3.05, 3.63) is 88.7 Å². The Morgan fingerprint density at radius 3 is 2.42 bits per heavy atom. The Bertz CT molecular complexity index is 1270. The Hall–Kier alpha value is -4.21.